The first-order valence-corrected chi connectivity index (χ1v) is 17.2. The van der Waals surface area contributed by atoms with Crippen molar-refractivity contribution in [1.29, 1.82) is 0 Å². The fourth-order valence-electron chi connectivity index (χ4n) is 7.91. The van der Waals surface area contributed by atoms with Crippen LogP contribution in [0, 0.1) is 0 Å². The molecule has 1 aliphatic carbocycles. The van der Waals surface area contributed by atoms with Crippen LogP contribution in [-0.4, -0.2) is 15.0 Å². The average molecular weight is 650 g/mol. The van der Waals surface area contributed by atoms with Crippen LogP contribution in [0.2, 0.25) is 0 Å². The van der Waals surface area contributed by atoms with Crippen molar-refractivity contribution in [2.24, 2.45) is 0 Å². The van der Waals surface area contributed by atoms with Crippen LogP contribution in [0.4, 0.5) is 0 Å². The van der Waals surface area contributed by atoms with E-state index in [1.165, 1.54) is 44.0 Å². The first-order chi connectivity index (χ1) is 25.3. The second kappa shape index (κ2) is 10.8. The number of hydrogen-bond donors (Lipinski definition) is 0. The minimum absolute atomic E-state index is 0.639. The van der Waals surface area contributed by atoms with E-state index in [0.717, 1.165) is 49.6 Å². The predicted octanol–water partition coefficient (Wildman–Crippen LogP) is 12.4. The quantitative estimate of drug-likeness (QED) is 0.190. The first-order valence-electron chi connectivity index (χ1n) is 17.2. The highest BCUT2D eigenvalue weighted by molar-refractivity contribution is 6.21. The molecule has 0 N–H and O–H groups in total. The molecular formula is C47H27N3O. The maximum absolute atomic E-state index is 6.31. The molecular weight excluding hydrogens is 623 g/mol. The Morgan fingerprint density at radius 3 is 1.84 bits per heavy atom. The van der Waals surface area contributed by atoms with Gasteiger partial charge in [0.15, 0.2) is 17.5 Å². The first kappa shape index (κ1) is 28.0. The maximum Gasteiger partial charge on any atom is 0.164 e. The number of para-hydroxylation sites is 1. The van der Waals surface area contributed by atoms with Crippen LogP contribution in [0.3, 0.4) is 0 Å². The van der Waals surface area contributed by atoms with Crippen molar-refractivity contribution in [2.45, 2.75) is 0 Å². The van der Waals surface area contributed by atoms with Crippen molar-refractivity contribution in [3.63, 3.8) is 0 Å². The highest BCUT2D eigenvalue weighted by atomic mass is 16.3. The standard InChI is InChI=1S/C47H27N3O/c1-2-12-29(13-3-1)45-48-46(31-16-8-15-30(25-31)33-19-9-14-28-11-4-5-17-32(28)33)50-47(49-45)38-24-23-37-39-26-41-34-18-6-7-22-42(34)51-43(41)27-40(39)36-21-10-20-35(38)44(36)37/h1-27H. The van der Waals surface area contributed by atoms with E-state index < -0.39 is 0 Å². The van der Waals surface area contributed by atoms with Crippen LogP contribution in [0.5, 0.6) is 0 Å². The van der Waals surface area contributed by atoms with Crippen molar-refractivity contribution in [3.8, 4) is 67.5 Å². The largest absolute Gasteiger partial charge is 0.456 e. The van der Waals surface area contributed by atoms with E-state index in [-0.39, 0.29) is 0 Å². The molecule has 1 aliphatic rings. The third kappa shape index (κ3) is 4.30. The zero-order valence-corrected chi connectivity index (χ0v) is 27.3. The number of aromatic nitrogens is 3. The number of benzene rings is 8. The zero-order valence-electron chi connectivity index (χ0n) is 27.3. The second-order valence-corrected chi connectivity index (χ2v) is 13.2. The van der Waals surface area contributed by atoms with Gasteiger partial charge in [0.1, 0.15) is 11.2 Å². The molecule has 236 valence electrons. The van der Waals surface area contributed by atoms with Gasteiger partial charge in [-0.3, -0.25) is 0 Å². The van der Waals surface area contributed by atoms with E-state index in [4.69, 9.17) is 19.4 Å². The molecule has 51 heavy (non-hydrogen) atoms. The van der Waals surface area contributed by atoms with Gasteiger partial charge in [0.25, 0.3) is 0 Å². The Hall–Kier alpha value is -6.91. The number of nitrogens with zero attached hydrogens (tertiary/aromatic N) is 3. The van der Waals surface area contributed by atoms with Crippen LogP contribution in [0.25, 0.3) is 111 Å². The maximum atomic E-state index is 6.31. The van der Waals surface area contributed by atoms with Gasteiger partial charge in [0.05, 0.1) is 0 Å². The summed E-state index contributed by atoms with van der Waals surface area (Å²) in [5, 5.41) is 7.02. The van der Waals surface area contributed by atoms with Crippen molar-refractivity contribution in [1.82, 2.24) is 15.0 Å². The molecule has 0 saturated carbocycles. The van der Waals surface area contributed by atoms with Gasteiger partial charge in [0, 0.05) is 27.5 Å². The monoisotopic (exact) mass is 649 g/mol. The fourth-order valence-corrected chi connectivity index (χ4v) is 7.91. The highest BCUT2D eigenvalue weighted by Crippen LogP contribution is 2.51. The average Bonchev–Trinajstić information content (AvgIpc) is 3.72. The molecule has 8 aromatic carbocycles. The highest BCUT2D eigenvalue weighted by Gasteiger charge is 2.26. The lowest BCUT2D eigenvalue weighted by molar-refractivity contribution is 0.669. The molecule has 4 nitrogen and oxygen atoms in total. The smallest absolute Gasteiger partial charge is 0.164 e. The van der Waals surface area contributed by atoms with Gasteiger partial charge in [-0.1, -0.05) is 133 Å². The lowest BCUT2D eigenvalue weighted by atomic mass is 9.96. The number of hydrogen-bond acceptors (Lipinski definition) is 4. The van der Waals surface area contributed by atoms with Crippen molar-refractivity contribution in [3.05, 3.63) is 164 Å². The van der Waals surface area contributed by atoms with Gasteiger partial charge in [-0.25, -0.2) is 15.0 Å². The molecule has 0 saturated heterocycles. The van der Waals surface area contributed by atoms with Crippen LogP contribution in [-0.2, 0) is 0 Å². The fraction of sp³-hybridized carbons (Fsp3) is 0. The molecule has 0 radical (unpaired) electrons. The number of fused-ring (bicyclic) bond motifs is 7. The van der Waals surface area contributed by atoms with Crippen LogP contribution in [0.1, 0.15) is 0 Å². The van der Waals surface area contributed by atoms with Crippen LogP contribution >= 0.6 is 0 Å². The molecule has 0 atom stereocenters. The molecule has 10 aromatic rings. The van der Waals surface area contributed by atoms with Gasteiger partial charge in [-0.2, -0.15) is 0 Å². The molecule has 0 aliphatic heterocycles. The topological polar surface area (TPSA) is 51.8 Å². The molecule has 0 unspecified atom stereocenters. The Morgan fingerprint density at radius 2 is 0.922 bits per heavy atom. The Balaban J connectivity index is 1.10. The molecule has 2 aromatic heterocycles. The summed E-state index contributed by atoms with van der Waals surface area (Å²) in [4.78, 5) is 15.4. The summed E-state index contributed by atoms with van der Waals surface area (Å²) in [6, 6.07) is 57.4. The summed E-state index contributed by atoms with van der Waals surface area (Å²) >= 11 is 0. The van der Waals surface area contributed by atoms with Gasteiger partial charge >= 0.3 is 0 Å². The van der Waals surface area contributed by atoms with Crippen molar-refractivity contribution >= 4 is 43.5 Å². The molecule has 11 rings (SSSR count). The van der Waals surface area contributed by atoms with E-state index in [0.29, 0.717) is 17.5 Å². The summed E-state index contributed by atoms with van der Waals surface area (Å²) in [5.74, 6) is 1.93. The third-order valence-corrected chi connectivity index (χ3v) is 10.3. The van der Waals surface area contributed by atoms with E-state index in [9.17, 15) is 0 Å². The lowest BCUT2D eigenvalue weighted by Gasteiger charge is -2.12. The molecule has 2 heterocycles. The molecule has 4 heteroatoms. The third-order valence-electron chi connectivity index (χ3n) is 10.3. The van der Waals surface area contributed by atoms with E-state index >= 15 is 0 Å². The summed E-state index contributed by atoms with van der Waals surface area (Å²) in [7, 11) is 0. The van der Waals surface area contributed by atoms with Crippen LogP contribution in [0.15, 0.2) is 168 Å². The Kier molecular flexibility index (Phi) is 5.92. The predicted molar refractivity (Wildman–Crippen MR) is 208 cm³/mol. The molecule has 0 amide bonds. The van der Waals surface area contributed by atoms with Gasteiger partial charge in [-0.05, 0) is 85.3 Å². The normalized spacial score (nSPS) is 11.9. The van der Waals surface area contributed by atoms with Gasteiger partial charge in [-0.15, -0.1) is 0 Å². The Morgan fingerprint density at radius 1 is 0.314 bits per heavy atom. The van der Waals surface area contributed by atoms with E-state index in [1.54, 1.807) is 0 Å². The number of rotatable bonds is 4. The Bertz CT molecular complexity index is 3030. The van der Waals surface area contributed by atoms with E-state index in [1.807, 2.05) is 30.3 Å². The minimum Gasteiger partial charge on any atom is -0.456 e. The molecule has 0 bridgehead atoms. The summed E-state index contributed by atoms with van der Waals surface area (Å²) in [6.07, 6.45) is 0. The SMILES string of the molecule is c1ccc(-c2nc(-c3cccc(-c4cccc5ccccc45)c3)nc(-c3ccc4c5c(cccc35)-c3cc5oc6ccccc6c5cc3-4)n2)cc1. The minimum atomic E-state index is 0.639. The van der Waals surface area contributed by atoms with Gasteiger partial charge < -0.3 is 4.42 Å². The van der Waals surface area contributed by atoms with Crippen molar-refractivity contribution in [2.75, 3.05) is 0 Å². The van der Waals surface area contributed by atoms with E-state index in [2.05, 4.69) is 133 Å². The lowest BCUT2D eigenvalue weighted by Crippen LogP contribution is -2.00. The number of furan rings is 1. The zero-order chi connectivity index (χ0) is 33.5. The van der Waals surface area contributed by atoms with Crippen molar-refractivity contribution < 1.29 is 4.42 Å². The van der Waals surface area contributed by atoms with Crippen LogP contribution < -0.4 is 0 Å². The summed E-state index contributed by atoms with van der Waals surface area (Å²) < 4.78 is 6.31. The second-order valence-electron chi connectivity index (χ2n) is 13.2. The summed E-state index contributed by atoms with van der Waals surface area (Å²) in [5.41, 5.74) is 11.8. The summed E-state index contributed by atoms with van der Waals surface area (Å²) in [6.45, 7) is 0. The Labute approximate surface area is 293 Å². The molecule has 0 spiro atoms. The molecule has 0 fully saturated rings. The van der Waals surface area contributed by atoms with Gasteiger partial charge in [0.2, 0.25) is 0 Å².